The topological polar surface area (TPSA) is 32.3 Å². The molecule has 1 atom stereocenters. The maximum Gasteiger partial charge on any atom is 0.259 e. The number of piperidine rings is 1. The first kappa shape index (κ1) is 12.7. The van der Waals surface area contributed by atoms with E-state index in [-0.39, 0.29) is 11.9 Å². The maximum atomic E-state index is 12.7. The number of aryl methyl sites for hydroxylation is 1. The lowest BCUT2D eigenvalue weighted by Crippen LogP contribution is -2.42. The summed E-state index contributed by atoms with van der Waals surface area (Å²) in [5, 5.41) is 3.16. The fourth-order valence-electron chi connectivity index (χ4n) is 2.94. The first-order valence-corrected chi connectivity index (χ1v) is 6.76. The van der Waals surface area contributed by atoms with Crippen molar-refractivity contribution in [1.29, 1.82) is 0 Å². The summed E-state index contributed by atoms with van der Waals surface area (Å²) >= 11 is 0. The first-order chi connectivity index (χ1) is 9.49. The van der Waals surface area contributed by atoms with Gasteiger partial charge in [0.25, 0.3) is 5.91 Å². The fourth-order valence-corrected chi connectivity index (χ4v) is 2.94. The summed E-state index contributed by atoms with van der Waals surface area (Å²) in [6.07, 6.45) is 1.68. The summed E-state index contributed by atoms with van der Waals surface area (Å²) in [5.74, 6) is 0.0224. The Kier molecular flexibility index (Phi) is 2.78. The van der Waals surface area contributed by atoms with Crippen LogP contribution in [0.5, 0.6) is 0 Å². The zero-order valence-electron chi connectivity index (χ0n) is 11.7. The Hall–Kier alpha value is -2.29. The molecule has 3 nitrogen and oxygen atoms in total. The second-order valence-electron chi connectivity index (χ2n) is 5.48. The van der Waals surface area contributed by atoms with Gasteiger partial charge in [-0.15, -0.1) is 0 Å². The minimum Gasteiger partial charge on any atom is -0.362 e. The molecular formula is C17H18N2O. The molecule has 1 N–H and O–H groups in total. The van der Waals surface area contributed by atoms with Gasteiger partial charge in [-0.05, 0) is 25.8 Å². The molecule has 2 heterocycles. The largest absolute Gasteiger partial charge is 0.362 e. The number of carbonyl (C=O) groups excluding carboxylic acids is 1. The minimum absolute atomic E-state index is 0.0224. The SMILES string of the molecule is C=C1CCC(N2C(=C)c3ccc(C)cc3C2=O)C(=C)N1. The van der Waals surface area contributed by atoms with Crippen LogP contribution in [0, 0.1) is 6.92 Å². The Balaban J connectivity index is 1.97. The van der Waals surface area contributed by atoms with E-state index < -0.39 is 0 Å². The van der Waals surface area contributed by atoms with Crippen LogP contribution in [0.3, 0.4) is 0 Å². The van der Waals surface area contributed by atoms with Crippen LogP contribution >= 0.6 is 0 Å². The summed E-state index contributed by atoms with van der Waals surface area (Å²) in [4.78, 5) is 14.4. The first-order valence-electron chi connectivity index (χ1n) is 6.76. The third-order valence-electron chi connectivity index (χ3n) is 4.00. The minimum atomic E-state index is -0.0480. The van der Waals surface area contributed by atoms with E-state index in [1.807, 2.05) is 25.1 Å². The summed E-state index contributed by atoms with van der Waals surface area (Å²) < 4.78 is 0. The van der Waals surface area contributed by atoms with Gasteiger partial charge in [-0.1, -0.05) is 37.4 Å². The number of carbonyl (C=O) groups is 1. The van der Waals surface area contributed by atoms with Gasteiger partial charge in [0.15, 0.2) is 0 Å². The normalized spacial score (nSPS) is 22.1. The molecule has 2 aliphatic rings. The van der Waals surface area contributed by atoms with Gasteiger partial charge in [-0.25, -0.2) is 0 Å². The number of rotatable bonds is 1. The number of benzene rings is 1. The van der Waals surface area contributed by atoms with Crippen molar-refractivity contribution in [2.45, 2.75) is 25.8 Å². The van der Waals surface area contributed by atoms with E-state index in [0.717, 1.165) is 46.6 Å². The Morgan fingerprint density at radius 3 is 2.70 bits per heavy atom. The summed E-state index contributed by atoms with van der Waals surface area (Å²) in [6, 6.07) is 5.87. The summed E-state index contributed by atoms with van der Waals surface area (Å²) in [6.45, 7) is 14.0. The molecule has 0 bridgehead atoms. The number of nitrogens with zero attached hydrogens (tertiary/aromatic N) is 1. The van der Waals surface area contributed by atoms with Gasteiger partial charge in [0.1, 0.15) is 0 Å². The lowest BCUT2D eigenvalue weighted by molar-refractivity contribution is 0.0809. The van der Waals surface area contributed by atoms with Crippen molar-refractivity contribution in [3.8, 4) is 0 Å². The predicted molar refractivity (Wildman–Crippen MR) is 80.8 cm³/mol. The molecule has 0 saturated carbocycles. The van der Waals surface area contributed by atoms with Crippen molar-refractivity contribution < 1.29 is 4.79 Å². The molecule has 1 amide bonds. The van der Waals surface area contributed by atoms with E-state index in [2.05, 4.69) is 25.1 Å². The van der Waals surface area contributed by atoms with Crippen LogP contribution in [0.4, 0.5) is 0 Å². The highest BCUT2D eigenvalue weighted by Crippen LogP contribution is 2.37. The molecule has 1 fully saturated rings. The van der Waals surface area contributed by atoms with Crippen LogP contribution in [0.2, 0.25) is 0 Å². The number of hydrogen-bond acceptors (Lipinski definition) is 2. The average molecular weight is 266 g/mol. The van der Waals surface area contributed by atoms with Crippen molar-refractivity contribution in [1.82, 2.24) is 10.2 Å². The molecule has 0 aromatic heterocycles. The van der Waals surface area contributed by atoms with Gasteiger partial charge in [0.05, 0.1) is 6.04 Å². The third-order valence-corrected chi connectivity index (χ3v) is 4.00. The highest BCUT2D eigenvalue weighted by molar-refractivity contribution is 6.09. The fraction of sp³-hybridized carbons (Fsp3) is 0.235. The van der Waals surface area contributed by atoms with E-state index >= 15 is 0 Å². The lowest BCUT2D eigenvalue weighted by atomic mass is 10.0. The van der Waals surface area contributed by atoms with E-state index in [4.69, 9.17) is 0 Å². The molecular weight excluding hydrogens is 248 g/mol. The second-order valence-corrected chi connectivity index (χ2v) is 5.48. The van der Waals surface area contributed by atoms with Crippen molar-refractivity contribution in [3.63, 3.8) is 0 Å². The van der Waals surface area contributed by atoms with Gasteiger partial charge in [0, 0.05) is 28.2 Å². The van der Waals surface area contributed by atoms with Crippen LogP contribution in [-0.4, -0.2) is 16.8 Å². The molecule has 20 heavy (non-hydrogen) atoms. The zero-order chi connectivity index (χ0) is 14.4. The Morgan fingerprint density at radius 1 is 1.25 bits per heavy atom. The van der Waals surface area contributed by atoms with E-state index in [0.29, 0.717) is 0 Å². The van der Waals surface area contributed by atoms with Crippen LogP contribution < -0.4 is 5.32 Å². The van der Waals surface area contributed by atoms with Crippen molar-refractivity contribution in [2.24, 2.45) is 0 Å². The molecule has 0 radical (unpaired) electrons. The molecule has 0 aliphatic carbocycles. The summed E-state index contributed by atoms with van der Waals surface area (Å²) in [5.41, 5.74) is 5.30. The highest BCUT2D eigenvalue weighted by Gasteiger charge is 2.38. The lowest BCUT2D eigenvalue weighted by Gasteiger charge is -2.35. The van der Waals surface area contributed by atoms with Crippen LogP contribution in [0.1, 0.15) is 34.3 Å². The molecule has 1 saturated heterocycles. The van der Waals surface area contributed by atoms with Gasteiger partial charge in [0.2, 0.25) is 0 Å². The average Bonchev–Trinajstić information content (AvgIpc) is 2.63. The predicted octanol–water partition coefficient (Wildman–Crippen LogP) is 3.20. The number of nitrogens with one attached hydrogen (secondary N) is 1. The summed E-state index contributed by atoms with van der Waals surface area (Å²) in [7, 11) is 0. The van der Waals surface area contributed by atoms with Gasteiger partial charge < -0.3 is 5.32 Å². The van der Waals surface area contributed by atoms with Crippen molar-refractivity contribution >= 4 is 11.6 Å². The molecule has 1 aromatic carbocycles. The van der Waals surface area contributed by atoms with Crippen LogP contribution in [-0.2, 0) is 0 Å². The van der Waals surface area contributed by atoms with Crippen molar-refractivity contribution in [2.75, 3.05) is 0 Å². The standard InChI is InChI=1S/C17H18N2O/c1-10-5-7-14-13(4)19(17(20)15(14)9-10)16-8-6-11(2)18-12(16)3/h5,7,9,16,18H,2-4,6,8H2,1H3. The molecule has 1 aromatic rings. The molecule has 2 aliphatic heterocycles. The molecule has 3 heteroatoms. The Bertz CT molecular complexity index is 657. The molecule has 102 valence electrons. The second kappa shape index (κ2) is 4.37. The number of fused-ring (bicyclic) bond motifs is 1. The Morgan fingerprint density at radius 2 is 2.00 bits per heavy atom. The maximum absolute atomic E-state index is 12.7. The van der Waals surface area contributed by atoms with Gasteiger partial charge in [-0.3, -0.25) is 9.69 Å². The van der Waals surface area contributed by atoms with Crippen molar-refractivity contribution in [3.05, 3.63) is 66.0 Å². The number of allylic oxidation sites excluding steroid dienone is 1. The zero-order valence-corrected chi connectivity index (χ0v) is 11.7. The van der Waals surface area contributed by atoms with E-state index in [1.54, 1.807) is 4.90 Å². The molecule has 3 rings (SSSR count). The molecule has 0 spiro atoms. The van der Waals surface area contributed by atoms with Crippen LogP contribution in [0.15, 0.2) is 49.3 Å². The third kappa shape index (κ3) is 1.78. The van der Waals surface area contributed by atoms with Gasteiger partial charge >= 0.3 is 0 Å². The monoisotopic (exact) mass is 266 g/mol. The Labute approximate surface area is 119 Å². The molecule has 1 unspecified atom stereocenters. The smallest absolute Gasteiger partial charge is 0.259 e. The highest BCUT2D eigenvalue weighted by atomic mass is 16.2. The number of hydrogen-bond donors (Lipinski definition) is 1. The van der Waals surface area contributed by atoms with E-state index in [9.17, 15) is 4.79 Å². The van der Waals surface area contributed by atoms with Crippen LogP contribution in [0.25, 0.3) is 5.70 Å². The number of amides is 1. The van der Waals surface area contributed by atoms with Gasteiger partial charge in [-0.2, -0.15) is 0 Å². The quantitative estimate of drug-likeness (QED) is 0.846. The van der Waals surface area contributed by atoms with E-state index in [1.165, 1.54) is 0 Å².